The molecule has 4 heteroatoms. The van der Waals surface area contributed by atoms with Gasteiger partial charge in [-0.05, 0) is 23.6 Å². The third-order valence-corrected chi connectivity index (χ3v) is 2.85. The second-order valence-electron chi connectivity index (χ2n) is 4.16. The van der Waals surface area contributed by atoms with Crippen LogP contribution in [0.3, 0.4) is 0 Å². The second-order valence-corrected chi connectivity index (χ2v) is 4.16. The van der Waals surface area contributed by atoms with E-state index in [1.54, 1.807) is 12.1 Å². The van der Waals surface area contributed by atoms with Crippen molar-refractivity contribution in [1.82, 2.24) is 0 Å². The molecule has 0 unspecified atom stereocenters. The van der Waals surface area contributed by atoms with Gasteiger partial charge in [-0.1, -0.05) is 42.5 Å². The minimum atomic E-state index is -0.229. The van der Waals surface area contributed by atoms with Crippen molar-refractivity contribution in [3.63, 3.8) is 0 Å². The number of rotatable bonds is 4. The maximum absolute atomic E-state index is 13.8. The minimum Gasteiger partial charge on any atom is -0.388 e. The lowest BCUT2D eigenvalue weighted by atomic mass is 9.96. The van der Waals surface area contributed by atoms with Gasteiger partial charge in [0.15, 0.2) is 0 Å². The first-order chi connectivity index (χ1) is 8.68. The molecule has 0 radical (unpaired) electrons. The van der Waals surface area contributed by atoms with E-state index in [2.05, 4.69) is 0 Å². The SMILES string of the molecule is Cl.N=C(N)CCc1ccccc1-c1ccccc1F. The van der Waals surface area contributed by atoms with E-state index in [4.69, 9.17) is 11.1 Å². The Hall–Kier alpha value is -1.87. The normalized spacial score (nSPS) is 9.74. The Bertz CT molecular complexity index is 570. The first-order valence-electron chi connectivity index (χ1n) is 5.84. The smallest absolute Gasteiger partial charge is 0.131 e. The Balaban J connectivity index is 0.00000180. The molecule has 0 bridgehead atoms. The monoisotopic (exact) mass is 278 g/mol. The average molecular weight is 279 g/mol. The second kappa shape index (κ2) is 6.90. The molecule has 3 N–H and O–H groups in total. The maximum Gasteiger partial charge on any atom is 0.131 e. The van der Waals surface area contributed by atoms with E-state index in [1.165, 1.54) is 6.07 Å². The van der Waals surface area contributed by atoms with Crippen molar-refractivity contribution in [3.8, 4) is 11.1 Å². The third kappa shape index (κ3) is 3.80. The van der Waals surface area contributed by atoms with E-state index in [9.17, 15) is 4.39 Å². The molecule has 2 aromatic carbocycles. The van der Waals surface area contributed by atoms with Gasteiger partial charge >= 0.3 is 0 Å². The van der Waals surface area contributed by atoms with Gasteiger partial charge in [-0.15, -0.1) is 12.4 Å². The van der Waals surface area contributed by atoms with Gasteiger partial charge in [0, 0.05) is 12.0 Å². The van der Waals surface area contributed by atoms with E-state index in [0.717, 1.165) is 11.1 Å². The summed E-state index contributed by atoms with van der Waals surface area (Å²) in [7, 11) is 0. The highest BCUT2D eigenvalue weighted by Gasteiger charge is 2.08. The fourth-order valence-electron chi connectivity index (χ4n) is 1.95. The number of nitrogens with one attached hydrogen (secondary N) is 1. The van der Waals surface area contributed by atoms with Crippen LogP contribution in [0.2, 0.25) is 0 Å². The zero-order valence-electron chi connectivity index (χ0n) is 10.4. The highest BCUT2D eigenvalue weighted by Crippen LogP contribution is 2.26. The Labute approximate surface area is 118 Å². The van der Waals surface area contributed by atoms with Crippen LogP contribution in [0.25, 0.3) is 11.1 Å². The predicted octanol–water partition coefficient (Wildman–Crippen LogP) is 3.78. The van der Waals surface area contributed by atoms with E-state index < -0.39 is 0 Å². The standard InChI is InChI=1S/C15H15FN2.ClH/c16-14-8-4-3-7-13(14)12-6-2-1-5-11(12)9-10-15(17)18;/h1-8H,9-10H2,(H3,17,18);1H. The molecule has 0 aliphatic carbocycles. The molecule has 2 aromatic rings. The molecule has 0 aliphatic rings. The van der Waals surface area contributed by atoms with Crippen molar-refractivity contribution in [2.45, 2.75) is 12.8 Å². The van der Waals surface area contributed by atoms with Gasteiger partial charge in [0.2, 0.25) is 0 Å². The molecule has 0 saturated carbocycles. The molecule has 0 amide bonds. The molecule has 0 aromatic heterocycles. The van der Waals surface area contributed by atoms with Crippen LogP contribution in [0.1, 0.15) is 12.0 Å². The largest absolute Gasteiger partial charge is 0.388 e. The third-order valence-electron chi connectivity index (χ3n) is 2.85. The van der Waals surface area contributed by atoms with Gasteiger partial charge in [0.25, 0.3) is 0 Å². The van der Waals surface area contributed by atoms with Gasteiger partial charge in [-0.25, -0.2) is 4.39 Å². The van der Waals surface area contributed by atoms with Crippen LogP contribution in [-0.4, -0.2) is 5.84 Å². The lowest BCUT2D eigenvalue weighted by Gasteiger charge is -2.10. The number of benzene rings is 2. The van der Waals surface area contributed by atoms with Gasteiger partial charge in [-0.2, -0.15) is 0 Å². The molecule has 19 heavy (non-hydrogen) atoms. The molecule has 0 spiro atoms. The Kier molecular flexibility index (Phi) is 5.52. The molecular formula is C15H16ClFN2. The summed E-state index contributed by atoms with van der Waals surface area (Å²) in [4.78, 5) is 0. The predicted molar refractivity (Wildman–Crippen MR) is 79.3 cm³/mol. The van der Waals surface area contributed by atoms with Crippen LogP contribution in [-0.2, 0) is 6.42 Å². The number of hydrogen-bond acceptors (Lipinski definition) is 1. The van der Waals surface area contributed by atoms with Crippen LogP contribution in [0.15, 0.2) is 48.5 Å². The first-order valence-corrected chi connectivity index (χ1v) is 5.84. The van der Waals surface area contributed by atoms with Crippen LogP contribution in [0.4, 0.5) is 4.39 Å². The van der Waals surface area contributed by atoms with Crippen LogP contribution < -0.4 is 5.73 Å². The highest BCUT2D eigenvalue weighted by molar-refractivity contribution is 5.85. The van der Waals surface area contributed by atoms with Crippen LogP contribution in [0, 0.1) is 11.2 Å². The number of hydrogen-bond donors (Lipinski definition) is 2. The molecule has 0 saturated heterocycles. The Morgan fingerprint density at radius 3 is 2.21 bits per heavy atom. The minimum absolute atomic E-state index is 0. The van der Waals surface area contributed by atoms with Crippen LogP contribution >= 0.6 is 12.4 Å². The van der Waals surface area contributed by atoms with Crippen molar-refractivity contribution >= 4 is 18.2 Å². The average Bonchev–Trinajstić information content (AvgIpc) is 2.37. The summed E-state index contributed by atoms with van der Waals surface area (Å²) < 4.78 is 13.8. The Morgan fingerprint density at radius 1 is 1.00 bits per heavy atom. The molecule has 2 nitrogen and oxygen atoms in total. The summed E-state index contributed by atoms with van der Waals surface area (Å²) in [5.41, 5.74) is 7.85. The van der Waals surface area contributed by atoms with Crippen molar-refractivity contribution in [2.75, 3.05) is 0 Å². The Morgan fingerprint density at radius 2 is 1.58 bits per heavy atom. The van der Waals surface area contributed by atoms with Gasteiger partial charge in [0.05, 0.1) is 5.84 Å². The quantitative estimate of drug-likeness (QED) is 0.649. The van der Waals surface area contributed by atoms with Gasteiger partial charge in [-0.3, -0.25) is 5.41 Å². The van der Waals surface area contributed by atoms with Crippen molar-refractivity contribution in [1.29, 1.82) is 5.41 Å². The summed E-state index contributed by atoms with van der Waals surface area (Å²) in [6, 6.07) is 14.4. The highest BCUT2D eigenvalue weighted by atomic mass is 35.5. The van der Waals surface area contributed by atoms with E-state index >= 15 is 0 Å². The maximum atomic E-state index is 13.8. The summed E-state index contributed by atoms with van der Waals surface area (Å²) >= 11 is 0. The number of aryl methyl sites for hydroxylation is 1. The van der Waals surface area contributed by atoms with Crippen molar-refractivity contribution in [3.05, 3.63) is 59.9 Å². The molecule has 0 atom stereocenters. The van der Waals surface area contributed by atoms with E-state index in [0.29, 0.717) is 18.4 Å². The first kappa shape index (κ1) is 15.2. The fraction of sp³-hybridized carbons (Fsp3) is 0.133. The number of halogens is 2. The van der Waals surface area contributed by atoms with Gasteiger partial charge in [0.1, 0.15) is 5.82 Å². The molecule has 100 valence electrons. The summed E-state index contributed by atoms with van der Waals surface area (Å²) in [5.74, 6) is -0.0777. The van der Waals surface area contributed by atoms with Gasteiger partial charge < -0.3 is 5.73 Å². The summed E-state index contributed by atoms with van der Waals surface area (Å²) in [6.45, 7) is 0. The number of nitrogens with two attached hydrogens (primary N) is 1. The molecule has 0 aliphatic heterocycles. The topological polar surface area (TPSA) is 49.9 Å². The molecule has 2 rings (SSSR count). The van der Waals surface area contributed by atoms with E-state index in [1.807, 2.05) is 30.3 Å². The molecule has 0 fully saturated rings. The summed E-state index contributed by atoms with van der Waals surface area (Å²) in [5, 5.41) is 7.26. The zero-order chi connectivity index (χ0) is 13.0. The number of amidine groups is 1. The fourth-order valence-corrected chi connectivity index (χ4v) is 1.95. The lowest BCUT2D eigenvalue weighted by Crippen LogP contribution is -2.10. The van der Waals surface area contributed by atoms with Crippen LogP contribution in [0.5, 0.6) is 0 Å². The van der Waals surface area contributed by atoms with Crippen molar-refractivity contribution < 1.29 is 4.39 Å². The van der Waals surface area contributed by atoms with Crippen molar-refractivity contribution in [2.24, 2.45) is 5.73 Å². The zero-order valence-corrected chi connectivity index (χ0v) is 11.2. The lowest BCUT2D eigenvalue weighted by molar-refractivity contribution is 0.631. The summed E-state index contributed by atoms with van der Waals surface area (Å²) in [6.07, 6.45) is 1.14. The van der Waals surface area contributed by atoms with E-state index in [-0.39, 0.29) is 24.1 Å². The molecular weight excluding hydrogens is 263 g/mol. The molecule has 0 heterocycles.